The number of sulfonamides is 1. The number of nitrogens with one attached hydrogen (secondary N) is 1. The summed E-state index contributed by atoms with van der Waals surface area (Å²) >= 11 is 4.72. The summed E-state index contributed by atoms with van der Waals surface area (Å²) in [5.41, 5.74) is 5.33. The van der Waals surface area contributed by atoms with Crippen molar-refractivity contribution in [3.8, 4) is 0 Å². The van der Waals surface area contributed by atoms with Crippen LogP contribution in [0.1, 0.15) is 12.0 Å². The molecule has 8 heteroatoms. The molecule has 0 aliphatic rings. The fourth-order valence-corrected chi connectivity index (χ4v) is 2.78. The van der Waals surface area contributed by atoms with Gasteiger partial charge in [-0.3, -0.25) is 4.72 Å². The third-order valence-electron chi connectivity index (χ3n) is 2.29. The van der Waals surface area contributed by atoms with Crippen LogP contribution in [0.3, 0.4) is 0 Å². The second-order valence-electron chi connectivity index (χ2n) is 3.79. The van der Waals surface area contributed by atoms with Crippen molar-refractivity contribution in [2.45, 2.75) is 6.42 Å². The molecule has 106 valence electrons. The van der Waals surface area contributed by atoms with Crippen LogP contribution in [-0.2, 0) is 14.8 Å². The molecule has 0 unspecified atom stereocenters. The maximum Gasteiger partial charge on any atom is 0.232 e. The lowest BCUT2D eigenvalue weighted by Crippen LogP contribution is -2.21. The zero-order valence-electron chi connectivity index (χ0n) is 10.3. The summed E-state index contributed by atoms with van der Waals surface area (Å²) in [4.78, 5) is -0.201. The largest absolute Gasteiger partial charge is 0.389 e. The molecule has 0 saturated heterocycles. The van der Waals surface area contributed by atoms with Gasteiger partial charge in [0, 0.05) is 13.7 Å². The number of hydrogen-bond acceptors (Lipinski definition) is 4. The standard InChI is InChI=1S/C11H15FN2O3S2/c1-17-6-3-7-19(15,16)14-9-5-2-4-8(12)10(9)11(13)18/h2,4-5,14H,3,6-7H2,1H3,(H2,13,18). The van der Waals surface area contributed by atoms with Crippen molar-refractivity contribution < 1.29 is 17.5 Å². The Morgan fingerprint density at radius 3 is 2.79 bits per heavy atom. The molecule has 1 rings (SSSR count). The van der Waals surface area contributed by atoms with Crippen LogP contribution in [0.15, 0.2) is 18.2 Å². The highest BCUT2D eigenvalue weighted by Gasteiger charge is 2.16. The minimum absolute atomic E-state index is 0.0462. The second-order valence-corrected chi connectivity index (χ2v) is 6.08. The van der Waals surface area contributed by atoms with Crippen LogP contribution >= 0.6 is 12.2 Å². The average Bonchev–Trinajstić information content (AvgIpc) is 2.27. The number of methoxy groups -OCH3 is 1. The van der Waals surface area contributed by atoms with Gasteiger partial charge in [-0.25, -0.2) is 12.8 Å². The molecule has 3 N–H and O–H groups in total. The number of anilines is 1. The molecule has 0 saturated carbocycles. The minimum Gasteiger partial charge on any atom is -0.389 e. The zero-order valence-corrected chi connectivity index (χ0v) is 12.0. The fourth-order valence-electron chi connectivity index (χ4n) is 1.47. The monoisotopic (exact) mass is 306 g/mol. The van der Waals surface area contributed by atoms with Gasteiger partial charge in [-0.05, 0) is 18.6 Å². The lowest BCUT2D eigenvalue weighted by Gasteiger charge is -2.12. The van der Waals surface area contributed by atoms with E-state index in [0.717, 1.165) is 6.07 Å². The lowest BCUT2D eigenvalue weighted by molar-refractivity contribution is 0.199. The lowest BCUT2D eigenvalue weighted by atomic mass is 10.2. The van der Waals surface area contributed by atoms with Crippen molar-refractivity contribution in [2.75, 3.05) is 24.2 Å². The molecule has 0 aliphatic heterocycles. The fraction of sp³-hybridized carbons (Fsp3) is 0.364. The maximum absolute atomic E-state index is 13.6. The molecule has 1 aromatic carbocycles. The molecule has 0 aliphatic carbocycles. The molecule has 0 spiro atoms. The van der Waals surface area contributed by atoms with E-state index in [1.54, 1.807) is 0 Å². The van der Waals surface area contributed by atoms with Crippen LogP contribution in [0.5, 0.6) is 0 Å². The van der Waals surface area contributed by atoms with Crippen molar-refractivity contribution >= 4 is 32.9 Å². The molecular formula is C11H15FN2O3S2. The van der Waals surface area contributed by atoms with Gasteiger partial charge >= 0.3 is 0 Å². The van der Waals surface area contributed by atoms with Crippen molar-refractivity contribution in [3.63, 3.8) is 0 Å². The Morgan fingerprint density at radius 2 is 2.21 bits per heavy atom. The van der Waals surface area contributed by atoms with Crippen molar-refractivity contribution in [1.82, 2.24) is 0 Å². The summed E-state index contributed by atoms with van der Waals surface area (Å²) in [5, 5.41) is 0. The molecule has 19 heavy (non-hydrogen) atoms. The maximum atomic E-state index is 13.6. The predicted octanol–water partition coefficient (Wildman–Crippen LogP) is 1.24. The van der Waals surface area contributed by atoms with Gasteiger partial charge in [0.2, 0.25) is 10.0 Å². The van der Waals surface area contributed by atoms with Crippen LogP contribution in [0.2, 0.25) is 0 Å². The number of nitrogens with two attached hydrogens (primary N) is 1. The van der Waals surface area contributed by atoms with Gasteiger partial charge in [0.25, 0.3) is 0 Å². The van der Waals surface area contributed by atoms with E-state index in [4.69, 9.17) is 22.7 Å². The summed E-state index contributed by atoms with van der Waals surface area (Å²) in [6, 6.07) is 3.95. The highest BCUT2D eigenvalue weighted by Crippen LogP contribution is 2.20. The van der Waals surface area contributed by atoms with Gasteiger partial charge in [0.05, 0.1) is 17.0 Å². The van der Waals surface area contributed by atoms with Gasteiger partial charge in [-0.1, -0.05) is 18.3 Å². The third-order valence-corrected chi connectivity index (χ3v) is 3.85. The van der Waals surface area contributed by atoms with Crippen LogP contribution in [0.4, 0.5) is 10.1 Å². The summed E-state index contributed by atoms with van der Waals surface area (Å²) in [6.45, 7) is 0.326. The Balaban J connectivity index is 2.93. The molecule has 1 aromatic rings. The SMILES string of the molecule is COCCCS(=O)(=O)Nc1cccc(F)c1C(N)=S. The first-order chi connectivity index (χ1) is 8.87. The molecule has 5 nitrogen and oxygen atoms in total. The van der Waals surface area contributed by atoms with Gasteiger partial charge < -0.3 is 10.5 Å². The summed E-state index contributed by atoms with van der Waals surface area (Å²) in [7, 11) is -2.11. The number of ether oxygens (including phenoxy) is 1. The third kappa shape index (κ3) is 4.73. The number of rotatable bonds is 7. The Hall–Kier alpha value is -1.25. The topological polar surface area (TPSA) is 81.4 Å². The highest BCUT2D eigenvalue weighted by atomic mass is 32.2. The first kappa shape index (κ1) is 15.8. The normalized spacial score (nSPS) is 11.3. The summed E-state index contributed by atoms with van der Waals surface area (Å²) in [6.07, 6.45) is 0.337. The second kappa shape index (κ2) is 6.78. The van der Waals surface area contributed by atoms with E-state index < -0.39 is 15.8 Å². The van der Waals surface area contributed by atoms with E-state index in [2.05, 4.69) is 4.72 Å². The van der Waals surface area contributed by atoms with E-state index in [0.29, 0.717) is 13.0 Å². The molecule has 0 fully saturated rings. The van der Waals surface area contributed by atoms with E-state index in [1.807, 2.05) is 0 Å². The molecule has 0 bridgehead atoms. The molecule has 0 radical (unpaired) electrons. The summed E-state index contributed by atoms with van der Waals surface area (Å²) in [5.74, 6) is -0.793. The van der Waals surface area contributed by atoms with Crippen LogP contribution < -0.4 is 10.5 Å². The van der Waals surface area contributed by atoms with Crippen LogP contribution in [-0.4, -0.2) is 32.9 Å². The first-order valence-electron chi connectivity index (χ1n) is 5.45. The Bertz CT molecular complexity index is 561. The number of hydrogen-bond donors (Lipinski definition) is 2. The quantitative estimate of drug-likeness (QED) is 0.585. The van der Waals surface area contributed by atoms with Crippen molar-refractivity contribution in [3.05, 3.63) is 29.6 Å². The average molecular weight is 306 g/mol. The number of benzene rings is 1. The van der Waals surface area contributed by atoms with Crippen LogP contribution in [0.25, 0.3) is 0 Å². The van der Waals surface area contributed by atoms with Crippen molar-refractivity contribution in [1.29, 1.82) is 0 Å². The molecular weight excluding hydrogens is 291 g/mol. The Morgan fingerprint density at radius 1 is 1.53 bits per heavy atom. The van der Waals surface area contributed by atoms with Crippen molar-refractivity contribution in [2.24, 2.45) is 5.73 Å². The number of halogens is 1. The van der Waals surface area contributed by atoms with Gasteiger partial charge in [0.1, 0.15) is 10.8 Å². The number of thiocarbonyl (C=S) groups is 1. The van der Waals surface area contributed by atoms with E-state index >= 15 is 0 Å². The summed E-state index contributed by atoms with van der Waals surface area (Å²) < 4.78 is 44.2. The van der Waals surface area contributed by atoms with Gasteiger partial charge in [-0.2, -0.15) is 0 Å². The van der Waals surface area contributed by atoms with E-state index in [-0.39, 0.29) is 22.0 Å². The van der Waals surface area contributed by atoms with E-state index in [9.17, 15) is 12.8 Å². The highest BCUT2D eigenvalue weighted by molar-refractivity contribution is 7.92. The minimum atomic E-state index is -3.59. The first-order valence-corrected chi connectivity index (χ1v) is 7.51. The predicted molar refractivity (Wildman–Crippen MR) is 76.2 cm³/mol. The molecule has 0 aromatic heterocycles. The molecule has 0 heterocycles. The Labute approximate surface area is 117 Å². The van der Waals surface area contributed by atoms with Gasteiger partial charge in [0.15, 0.2) is 0 Å². The van der Waals surface area contributed by atoms with E-state index in [1.165, 1.54) is 19.2 Å². The molecule has 0 amide bonds. The smallest absolute Gasteiger partial charge is 0.232 e. The Kier molecular flexibility index (Phi) is 5.64. The van der Waals surface area contributed by atoms with Gasteiger partial charge in [-0.15, -0.1) is 0 Å². The van der Waals surface area contributed by atoms with Crippen LogP contribution in [0, 0.1) is 5.82 Å². The molecule has 0 atom stereocenters. The zero-order chi connectivity index (χ0) is 14.5.